The number of benzene rings is 2. The number of hydrogen-bond acceptors (Lipinski definition) is 1. The summed E-state index contributed by atoms with van der Waals surface area (Å²) in [5, 5.41) is -0.894. The Balaban J connectivity index is 3.11. The predicted octanol–water partition coefficient (Wildman–Crippen LogP) is 3.85. The van der Waals surface area contributed by atoms with Gasteiger partial charge in [0, 0.05) is 10.8 Å². The molecule has 2 rings (SSSR count). The van der Waals surface area contributed by atoms with Crippen LogP contribution in [0.5, 0.6) is 5.75 Å². The minimum atomic E-state index is -1.78. The van der Waals surface area contributed by atoms with Gasteiger partial charge in [-0.15, -0.1) is 0 Å². The fourth-order valence-corrected chi connectivity index (χ4v) is 1.84. The van der Waals surface area contributed by atoms with Crippen molar-refractivity contribution in [3.63, 3.8) is 0 Å². The van der Waals surface area contributed by atoms with Gasteiger partial charge in [-0.25, -0.2) is 17.6 Å². The quantitative estimate of drug-likeness (QED) is 0.560. The van der Waals surface area contributed by atoms with Crippen molar-refractivity contribution in [1.82, 2.24) is 0 Å². The van der Waals surface area contributed by atoms with Crippen molar-refractivity contribution in [3.8, 4) is 5.75 Å². The van der Waals surface area contributed by atoms with Gasteiger partial charge in [0.2, 0.25) is 5.82 Å². The van der Waals surface area contributed by atoms with E-state index in [1.165, 1.54) is 0 Å². The van der Waals surface area contributed by atoms with Crippen molar-refractivity contribution in [2.24, 2.45) is 0 Å². The Bertz CT molecular complexity index is 643. The molecule has 0 aliphatic heterocycles. The molecule has 0 amide bonds. The van der Waals surface area contributed by atoms with Crippen LogP contribution in [0.3, 0.4) is 0 Å². The topological polar surface area (TPSA) is 9.23 Å². The fourth-order valence-electron chi connectivity index (χ4n) is 1.84. The maximum atomic E-state index is 13.6. The molecule has 0 unspecified atom stereocenters. The molecule has 0 heterocycles. The summed E-state index contributed by atoms with van der Waals surface area (Å²) in [5.41, 5.74) is -0.445. The third-order valence-electron chi connectivity index (χ3n) is 2.71. The van der Waals surface area contributed by atoms with Gasteiger partial charge in [0.1, 0.15) is 0 Å². The number of hydrogen-bond donors (Lipinski definition) is 0. The first-order valence-corrected chi connectivity index (χ1v) is 4.88. The fraction of sp³-hybridized carbons (Fsp3) is 0.167. The highest BCUT2D eigenvalue weighted by molar-refractivity contribution is 5.92. The molecule has 0 aliphatic carbocycles. The van der Waals surface area contributed by atoms with E-state index < -0.39 is 45.8 Å². The van der Waals surface area contributed by atoms with Crippen molar-refractivity contribution in [2.75, 3.05) is 7.11 Å². The molecule has 6 heteroatoms. The van der Waals surface area contributed by atoms with E-state index in [9.17, 15) is 22.0 Å². The molecule has 2 aromatic rings. The number of aryl methyl sites for hydroxylation is 1. The van der Waals surface area contributed by atoms with Gasteiger partial charge in [-0.1, -0.05) is 0 Å². The first kappa shape index (κ1) is 12.6. The maximum absolute atomic E-state index is 13.6. The van der Waals surface area contributed by atoms with E-state index in [0.29, 0.717) is 6.07 Å². The molecule has 0 aliphatic rings. The van der Waals surface area contributed by atoms with Gasteiger partial charge in [0.25, 0.3) is 0 Å². The van der Waals surface area contributed by atoms with Gasteiger partial charge in [0.15, 0.2) is 29.0 Å². The van der Waals surface area contributed by atoms with Crippen molar-refractivity contribution < 1.29 is 26.7 Å². The van der Waals surface area contributed by atoms with E-state index in [1.807, 2.05) is 0 Å². The molecule has 2 aromatic carbocycles. The zero-order valence-corrected chi connectivity index (χ0v) is 9.38. The SMILES string of the molecule is COc1c(F)c(F)c(F)c2c(C)c(F)c(F)cc12. The summed E-state index contributed by atoms with van der Waals surface area (Å²) < 4.78 is 71.4. The average Bonchev–Trinajstić information content (AvgIpc) is 2.34. The summed E-state index contributed by atoms with van der Waals surface area (Å²) in [5.74, 6) is -8.19. The Morgan fingerprint density at radius 2 is 1.50 bits per heavy atom. The van der Waals surface area contributed by atoms with Gasteiger partial charge < -0.3 is 4.74 Å². The predicted molar refractivity (Wildman–Crippen MR) is 55.0 cm³/mol. The first-order chi connectivity index (χ1) is 8.40. The third-order valence-corrected chi connectivity index (χ3v) is 2.71. The number of ether oxygens (including phenoxy) is 1. The van der Waals surface area contributed by atoms with E-state index in [-0.39, 0.29) is 5.39 Å². The lowest BCUT2D eigenvalue weighted by molar-refractivity contribution is 0.367. The monoisotopic (exact) mass is 262 g/mol. The van der Waals surface area contributed by atoms with E-state index in [1.54, 1.807) is 0 Å². The molecule has 0 saturated carbocycles. The van der Waals surface area contributed by atoms with Crippen LogP contribution in [0, 0.1) is 36.0 Å². The molecule has 1 nitrogen and oxygen atoms in total. The summed E-state index contributed by atoms with van der Waals surface area (Å²) in [4.78, 5) is 0. The van der Waals surface area contributed by atoms with E-state index in [4.69, 9.17) is 0 Å². The van der Waals surface area contributed by atoms with Crippen LogP contribution in [0.2, 0.25) is 0 Å². The average molecular weight is 262 g/mol. The normalized spacial score (nSPS) is 11.1. The lowest BCUT2D eigenvalue weighted by Crippen LogP contribution is -2.02. The minimum absolute atomic E-state index is 0.356. The van der Waals surface area contributed by atoms with Crippen LogP contribution >= 0.6 is 0 Å². The molecule has 0 atom stereocenters. The Hall–Kier alpha value is -1.85. The Labute approximate surface area is 98.8 Å². The van der Waals surface area contributed by atoms with Gasteiger partial charge in [-0.05, 0) is 18.6 Å². The molecule has 0 N–H and O–H groups in total. The molecular formula is C12H7F5O. The van der Waals surface area contributed by atoms with Crippen molar-refractivity contribution in [3.05, 3.63) is 40.7 Å². The van der Waals surface area contributed by atoms with Crippen LogP contribution in [0.1, 0.15) is 5.56 Å². The third kappa shape index (κ3) is 1.52. The molecule has 0 saturated heterocycles. The summed E-state index contributed by atoms with van der Waals surface area (Å²) in [6.07, 6.45) is 0. The van der Waals surface area contributed by atoms with Crippen molar-refractivity contribution >= 4 is 10.8 Å². The number of halogens is 5. The summed E-state index contributed by atoms with van der Waals surface area (Å²) >= 11 is 0. The largest absolute Gasteiger partial charge is 0.493 e. The van der Waals surface area contributed by atoms with E-state index >= 15 is 0 Å². The molecule has 0 spiro atoms. The zero-order valence-electron chi connectivity index (χ0n) is 9.38. The van der Waals surface area contributed by atoms with Crippen LogP contribution in [-0.4, -0.2) is 7.11 Å². The zero-order chi connectivity index (χ0) is 13.6. The van der Waals surface area contributed by atoms with E-state index in [0.717, 1.165) is 14.0 Å². The molecular weight excluding hydrogens is 255 g/mol. The lowest BCUT2D eigenvalue weighted by Gasteiger charge is -2.12. The highest BCUT2D eigenvalue weighted by Gasteiger charge is 2.24. The minimum Gasteiger partial charge on any atom is -0.493 e. The van der Waals surface area contributed by atoms with Crippen LogP contribution in [-0.2, 0) is 0 Å². The van der Waals surface area contributed by atoms with Crippen LogP contribution < -0.4 is 4.74 Å². The second kappa shape index (κ2) is 4.12. The number of rotatable bonds is 1. The maximum Gasteiger partial charge on any atom is 0.204 e. The van der Waals surface area contributed by atoms with Crippen LogP contribution in [0.25, 0.3) is 10.8 Å². The Morgan fingerprint density at radius 1 is 0.889 bits per heavy atom. The number of fused-ring (bicyclic) bond motifs is 1. The van der Waals surface area contributed by atoms with Gasteiger partial charge >= 0.3 is 0 Å². The van der Waals surface area contributed by atoms with Gasteiger partial charge in [-0.2, -0.15) is 4.39 Å². The van der Waals surface area contributed by atoms with Crippen LogP contribution in [0.4, 0.5) is 22.0 Å². The standard InChI is InChI=1S/C12H7F5O/c1-4-7-5(3-6(13)8(4)14)12(18-2)11(17)10(16)9(7)15/h3H,1-2H3. The second-order valence-corrected chi connectivity index (χ2v) is 3.70. The first-order valence-electron chi connectivity index (χ1n) is 4.88. The van der Waals surface area contributed by atoms with Gasteiger partial charge in [-0.3, -0.25) is 0 Å². The van der Waals surface area contributed by atoms with Gasteiger partial charge in [0.05, 0.1) is 7.11 Å². The number of methoxy groups -OCH3 is 1. The molecule has 0 radical (unpaired) electrons. The highest BCUT2D eigenvalue weighted by Crippen LogP contribution is 2.36. The van der Waals surface area contributed by atoms with Crippen molar-refractivity contribution in [1.29, 1.82) is 0 Å². The molecule has 0 bridgehead atoms. The highest BCUT2D eigenvalue weighted by atomic mass is 19.2. The lowest BCUT2D eigenvalue weighted by atomic mass is 10.0. The van der Waals surface area contributed by atoms with Crippen LogP contribution in [0.15, 0.2) is 6.07 Å². The van der Waals surface area contributed by atoms with Crippen molar-refractivity contribution in [2.45, 2.75) is 6.92 Å². The molecule has 0 aromatic heterocycles. The molecule has 18 heavy (non-hydrogen) atoms. The Kier molecular flexibility index (Phi) is 2.88. The molecule has 0 fully saturated rings. The summed E-state index contributed by atoms with van der Waals surface area (Å²) in [6, 6.07) is 0.572. The smallest absolute Gasteiger partial charge is 0.204 e. The molecule has 96 valence electrons. The van der Waals surface area contributed by atoms with E-state index in [2.05, 4.69) is 4.74 Å². The Morgan fingerprint density at radius 3 is 2.06 bits per heavy atom. The second-order valence-electron chi connectivity index (χ2n) is 3.70. The summed E-state index contributed by atoms with van der Waals surface area (Å²) in [7, 11) is 1.02. The summed E-state index contributed by atoms with van der Waals surface area (Å²) in [6.45, 7) is 1.07.